The molecule has 1 unspecified atom stereocenters. The molecule has 0 spiro atoms. The third-order valence-corrected chi connectivity index (χ3v) is 4.76. The third kappa shape index (κ3) is 2.19. The number of Topliss-reactive ketones (excluding diaryl/α,β-unsaturated/α-hetero) is 1. The van der Waals surface area contributed by atoms with E-state index in [-0.39, 0.29) is 11.0 Å². The molecule has 0 N–H and O–H groups in total. The number of rotatable bonds is 2. The first-order valence-corrected chi connectivity index (χ1v) is 7.45. The monoisotopic (exact) mass is 260 g/mol. The Hall–Kier alpha value is -1.22. The molecule has 2 nitrogen and oxygen atoms in total. The van der Waals surface area contributed by atoms with Gasteiger partial charge in [0, 0.05) is 5.39 Å². The summed E-state index contributed by atoms with van der Waals surface area (Å²) in [5.41, 5.74) is 2.00. The number of furan rings is 1. The minimum absolute atomic E-state index is 0.0976. The van der Waals surface area contributed by atoms with Crippen molar-refractivity contribution < 1.29 is 9.21 Å². The van der Waals surface area contributed by atoms with E-state index in [2.05, 4.69) is 6.07 Å². The molecule has 1 atom stereocenters. The second kappa shape index (κ2) is 4.81. The highest BCUT2D eigenvalue weighted by molar-refractivity contribution is 8.00. The largest absolute Gasteiger partial charge is 0.453 e. The van der Waals surface area contributed by atoms with Crippen LogP contribution in [0.25, 0.3) is 11.0 Å². The van der Waals surface area contributed by atoms with Crippen molar-refractivity contribution in [2.24, 2.45) is 0 Å². The molecule has 3 rings (SSSR count). The first-order chi connectivity index (χ1) is 8.74. The number of hydrogen-bond acceptors (Lipinski definition) is 3. The van der Waals surface area contributed by atoms with E-state index in [1.807, 2.05) is 25.1 Å². The lowest BCUT2D eigenvalue weighted by Crippen LogP contribution is -2.20. The third-order valence-electron chi connectivity index (χ3n) is 3.39. The zero-order valence-corrected chi connectivity index (χ0v) is 11.3. The maximum atomic E-state index is 12.3. The second-order valence-electron chi connectivity index (χ2n) is 4.87. The molecule has 1 aromatic heterocycles. The Balaban J connectivity index is 1.91. The summed E-state index contributed by atoms with van der Waals surface area (Å²) in [5.74, 6) is 1.78. The number of hydrogen-bond donors (Lipinski definition) is 0. The van der Waals surface area contributed by atoms with E-state index in [1.54, 1.807) is 11.8 Å². The van der Waals surface area contributed by atoms with Gasteiger partial charge in [0.1, 0.15) is 5.58 Å². The van der Waals surface area contributed by atoms with Crippen LogP contribution in [0.4, 0.5) is 0 Å². The van der Waals surface area contributed by atoms with E-state index in [1.165, 1.54) is 12.0 Å². The summed E-state index contributed by atoms with van der Waals surface area (Å²) in [7, 11) is 0. The zero-order chi connectivity index (χ0) is 12.5. The summed E-state index contributed by atoms with van der Waals surface area (Å²) < 4.78 is 5.68. The van der Waals surface area contributed by atoms with Gasteiger partial charge in [-0.15, -0.1) is 0 Å². The molecular weight excluding hydrogens is 244 g/mol. The van der Waals surface area contributed by atoms with Crippen molar-refractivity contribution in [2.45, 2.75) is 31.4 Å². The van der Waals surface area contributed by atoms with Crippen LogP contribution >= 0.6 is 11.8 Å². The van der Waals surface area contributed by atoms with E-state index in [0.717, 1.165) is 29.6 Å². The summed E-state index contributed by atoms with van der Waals surface area (Å²) in [4.78, 5) is 12.3. The highest BCUT2D eigenvalue weighted by atomic mass is 32.2. The van der Waals surface area contributed by atoms with Crippen molar-refractivity contribution in [1.29, 1.82) is 0 Å². The Morgan fingerprint density at radius 1 is 1.33 bits per heavy atom. The number of thioether (sulfide) groups is 1. The fourth-order valence-electron chi connectivity index (χ4n) is 2.39. The molecule has 0 aliphatic carbocycles. The number of benzene rings is 1. The summed E-state index contributed by atoms with van der Waals surface area (Å²) in [6.07, 6.45) is 3.37. The summed E-state index contributed by atoms with van der Waals surface area (Å²) in [5, 5.41) is 1.12. The SMILES string of the molecule is Cc1ccc2oc(C(=O)C3CCCCS3)cc2c1. The zero-order valence-electron chi connectivity index (χ0n) is 10.4. The van der Waals surface area contributed by atoms with Gasteiger partial charge in [0.05, 0.1) is 5.25 Å². The Kier molecular flexibility index (Phi) is 3.16. The molecule has 1 aliphatic heterocycles. The molecule has 1 aromatic carbocycles. The maximum absolute atomic E-state index is 12.3. The molecule has 2 aromatic rings. The van der Waals surface area contributed by atoms with Crippen LogP contribution in [0.1, 0.15) is 35.4 Å². The average Bonchev–Trinajstić information content (AvgIpc) is 2.81. The standard InChI is InChI=1S/C15H16O2S/c1-10-5-6-12-11(8-10)9-13(17-12)15(16)14-4-2-3-7-18-14/h5-6,8-9,14H,2-4,7H2,1H3. The molecule has 1 aliphatic rings. The van der Waals surface area contributed by atoms with Gasteiger partial charge in [-0.2, -0.15) is 11.8 Å². The molecule has 2 heterocycles. The van der Waals surface area contributed by atoms with Gasteiger partial charge < -0.3 is 4.42 Å². The molecule has 0 amide bonds. The Labute approximate surface area is 111 Å². The Morgan fingerprint density at radius 3 is 3.00 bits per heavy atom. The van der Waals surface area contributed by atoms with Crippen molar-refractivity contribution in [2.75, 3.05) is 5.75 Å². The van der Waals surface area contributed by atoms with Crippen molar-refractivity contribution in [1.82, 2.24) is 0 Å². The van der Waals surface area contributed by atoms with Gasteiger partial charge in [0.15, 0.2) is 5.76 Å². The van der Waals surface area contributed by atoms with Crippen LogP contribution < -0.4 is 0 Å². The van der Waals surface area contributed by atoms with Crippen LogP contribution in [0.15, 0.2) is 28.7 Å². The predicted octanol–water partition coefficient (Wildman–Crippen LogP) is 4.21. The highest BCUT2D eigenvalue weighted by Gasteiger charge is 2.25. The van der Waals surface area contributed by atoms with E-state index in [4.69, 9.17) is 4.42 Å². The highest BCUT2D eigenvalue weighted by Crippen LogP contribution is 2.30. The minimum Gasteiger partial charge on any atom is -0.453 e. The van der Waals surface area contributed by atoms with E-state index >= 15 is 0 Å². The van der Waals surface area contributed by atoms with Gasteiger partial charge in [-0.25, -0.2) is 0 Å². The maximum Gasteiger partial charge on any atom is 0.210 e. The van der Waals surface area contributed by atoms with Crippen molar-refractivity contribution in [3.8, 4) is 0 Å². The summed E-state index contributed by atoms with van der Waals surface area (Å²) >= 11 is 1.77. The lowest BCUT2D eigenvalue weighted by Gasteiger charge is -2.18. The average molecular weight is 260 g/mol. The number of carbonyl (C=O) groups excluding carboxylic acids is 1. The summed E-state index contributed by atoms with van der Waals surface area (Å²) in [6, 6.07) is 7.90. The van der Waals surface area contributed by atoms with Crippen LogP contribution in [0.5, 0.6) is 0 Å². The molecule has 0 saturated carbocycles. The normalized spacial score (nSPS) is 20.2. The number of aryl methyl sites for hydroxylation is 1. The van der Waals surface area contributed by atoms with Crippen molar-refractivity contribution in [3.05, 3.63) is 35.6 Å². The Bertz CT molecular complexity index is 579. The Morgan fingerprint density at radius 2 is 2.22 bits per heavy atom. The molecule has 18 heavy (non-hydrogen) atoms. The van der Waals surface area contributed by atoms with Crippen LogP contribution in [-0.2, 0) is 0 Å². The summed E-state index contributed by atoms with van der Waals surface area (Å²) in [6.45, 7) is 2.05. The van der Waals surface area contributed by atoms with E-state index in [0.29, 0.717) is 5.76 Å². The van der Waals surface area contributed by atoms with Gasteiger partial charge in [0.2, 0.25) is 5.78 Å². The van der Waals surface area contributed by atoms with Crippen LogP contribution in [0.3, 0.4) is 0 Å². The molecule has 94 valence electrons. The number of fused-ring (bicyclic) bond motifs is 1. The quantitative estimate of drug-likeness (QED) is 0.758. The fraction of sp³-hybridized carbons (Fsp3) is 0.400. The van der Waals surface area contributed by atoms with Crippen molar-refractivity contribution in [3.63, 3.8) is 0 Å². The lowest BCUT2D eigenvalue weighted by molar-refractivity contribution is 0.0960. The predicted molar refractivity (Wildman–Crippen MR) is 75.4 cm³/mol. The number of ketones is 1. The molecule has 0 radical (unpaired) electrons. The fourth-order valence-corrected chi connectivity index (χ4v) is 3.65. The van der Waals surface area contributed by atoms with Crippen LogP contribution in [0.2, 0.25) is 0 Å². The van der Waals surface area contributed by atoms with Gasteiger partial charge in [0.25, 0.3) is 0 Å². The minimum atomic E-state index is 0.0976. The molecule has 1 fully saturated rings. The van der Waals surface area contributed by atoms with E-state index < -0.39 is 0 Å². The molecule has 0 bridgehead atoms. The topological polar surface area (TPSA) is 30.2 Å². The molecule has 3 heteroatoms. The number of carbonyl (C=O) groups is 1. The molecular formula is C15H16O2S. The van der Waals surface area contributed by atoms with Gasteiger partial charge in [-0.3, -0.25) is 4.79 Å². The van der Waals surface area contributed by atoms with Gasteiger partial charge in [-0.1, -0.05) is 18.1 Å². The van der Waals surface area contributed by atoms with Crippen LogP contribution in [-0.4, -0.2) is 16.8 Å². The second-order valence-corrected chi connectivity index (χ2v) is 6.18. The van der Waals surface area contributed by atoms with Gasteiger partial charge in [-0.05, 0) is 43.7 Å². The first-order valence-electron chi connectivity index (χ1n) is 6.40. The van der Waals surface area contributed by atoms with Crippen LogP contribution in [0, 0.1) is 6.92 Å². The van der Waals surface area contributed by atoms with Crippen molar-refractivity contribution >= 4 is 28.5 Å². The lowest BCUT2D eigenvalue weighted by atomic mass is 10.1. The first kappa shape index (κ1) is 11.8. The van der Waals surface area contributed by atoms with E-state index in [9.17, 15) is 4.79 Å². The molecule has 1 saturated heterocycles. The van der Waals surface area contributed by atoms with Gasteiger partial charge >= 0.3 is 0 Å². The smallest absolute Gasteiger partial charge is 0.210 e.